The van der Waals surface area contributed by atoms with Crippen LogP contribution in [-0.2, 0) is 6.54 Å². The quantitative estimate of drug-likeness (QED) is 0.779. The van der Waals surface area contributed by atoms with E-state index in [1.165, 1.54) is 31.4 Å². The minimum Gasteiger partial charge on any atom is -0.296 e. The summed E-state index contributed by atoms with van der Waals surface area (Å²) in [4.78, 5) is 2.54. The van der Waals surface area contributed by atoms with Gasteiger partial charge in [-0.05, 0) is 53.9 Å². The van der Waals surface area contributed by atoms with Gasteiger partial charge >= 0.3 is 0 Å². The monoisotopic (exact) mass is 301 g/mol. The summed E-state index contributed by atoms with van der Waals surface area (Å²) in [5, 5.41) is 0.808. The van der Waals surface area contributed by atoms with Crippen LogP contribution in [0.5, 0.6) is 0 Å². The zero-order chi connectivity index (χ0) is 11.5. The predicted octanol–water partition coefficient (Wildman–Crippen LogP) is 4.48. The van der Waals surface area contributed by atoms with Crippen LogP contribution in [0.15, 0.2) is 22.7 Å². The molecule has 0 amide bonds. The SMILES string of the molecule is CC1CCCCN1Cc1cccc(Cl)c1Br. The zero-order valence-electron chi connectivity index (χ0n) is 9.55. The Morgan fingerprint density at radius 1 is 1.44 bits per heavy atom. The molecule has 1 atom stereocenters. The molecule has 0 N–H and O–H groups in total. The van der Waals surface area contributed by atoms with E-state index in [9.17, 15) is 0 Å². The summed E-state index contributed by atoms with van der Waals surface area (Å²) in [7, 11) is 0. The Labute approximate surface area is 111 Å². The van der Waals surface area contributed by atoms with Gasteiger partial charge in [-0.2, -0.15) is 0 Å². The molecule has 1 aromatic carbocycles. The first-order valence-electron chi connectivity index (χ1n) is 5.85. The van der Waals surface area contributed by atoms with Crippen molar-refractivity contribution in [1.82, 2.24) is 4.90 Å². The molecule has 1 unspecified atom stereocenters. The maximum Gasteiger partial charge on any atom is 0.0551 e. The minimum atomic E-state index is 0.694. The van der Waals surface area contributed by atoms with E-state index in [0.717, 1.165) is 16.0 Å². The first kappa shape index (κ1) is 12.4. The minimum absolute atomic E-state index is 0.694. The molecule has 1 aliphatic rings. The van der Waals surface area contributed by atoms with Crippen LogP contribution in [0.1, 0.15) is 31.7 Å². The number of likely N-dealkylation sites (tertiary alicyclic amines) is 1. The van der Waals surface area contributed by atoms with Gasteiger partial charge in [-0.25, -0.2) is 0 Å². The largest absolute Gasteiger partial charge is 0.296 e. The van der Waals surface area contributed by atoms with Gasteiger partial charge in [0, 0.05) is 17.1 Å². The fraction of sp³-hybridized carbons (Fsp3) is 0.538. The maximum atomic E-state index is 6.10. The Balaban J connectivity index is 2.10. The molecule has 2 rings (SSSR count). The molecule has 1 aliphatic heterocycles. The number of benzene rings is 1. The average Bonchev–Trinajstić information content (AvgIpc) is 2.28. The second-order valence-corrected chi connectivity index (χ2v) is 5.73. The molecule has 0 bridgehead atoms. The summed E-state index contributed by atoms with van der Waals surface area (Å²) >= 11 is 9.67. The molecule has 1 nitrogen and oxygen atoms in total. The standard InChI is InChI=1S/C13H17BrClN/c1-10-5-2-3-8-16(10)9-11-6-4-7-12(15)13(11)14/h4,6-7,10H,2-3,5,8-9H2,1H3. The molecule has 0 radical (unpaired) electrons. The van der Waals surface area contributed by atoms with E-state index in [4.69, 9.17) is 11.6 Å². The molecule has 0 saturated carbocycles. The second-order valence-electron chi connectivity index (χ2n) is 4.53. The van der Waals surface area contributed by atoms with E-state index < -0.39 is 0 Å². The van der Waals surface area contributed by atoms with E-state index in [0.29, 0.717) is 6.04 Å². The highest BCUT2D eigenvalue weighted by Crippen LogP contribution is 2.28. The highest BCUT2D eigenvalue weighted by atomic mass is 79.9. The van der Waals surface area contributed by atoms with Gasteiger partial charge in [0.05, 0.1) is 5.02 Å². The number of rotatable bonds is 2. The lowest BCUT2D eigenvalue weighted by Gasteiger charge is -2.33. The first-order chi connectivity index (χ1) is 7.68. The molecule has 1 fully saturated rings. The molecule has 16 heavy (non-hydrogen) atoms. The van der Waals surface area contributed by atoms with Gasteiger partial charge in [-0.3, -0.25) is 4.90 Å². The molecule has 0 aromatic heterocycles. The van der Waals surface area contributed by atoms with E-state index >= 15 is 0 Å². The molecular weight excluding hydrogens is 286 g/mol. The van der Waals surface area contributed by atoms with Crippen molar-refractivity contribution in [3.05, 3.63) is 33.3 Å². The average molecular weight is 303 g/mol. The van der Waals surface area contributed by atoms with E-state index in [1.807, 2.05) is 12.1 Å². The van der Waals surface area contributed by atoms with Crippen LogP contribution in [0.25, 0.3) is 0 Å². The van der Waals surface area contributed by atoms with Crippen molar-refractivity contribution in [3.63, 3.8) is 0 Å². The van der Waals surface area contributed by atoms with Crippen molar-refractivity contribution in [1.29, 1.82) is 0 Å². The lowest BCUT2D eigenvalue weighted by Crippen LogP contribution is -2.36. The molecule has 1 heterocycles. The van der Waals surface area contributed by atoms with Crippen LogP contribution in [0.2, 0.25) is 5.02 Å². The Morgan fingerprint density at radius 3 is 3.00 bits per heavy atom. The second kappa shape index (κ2) is 5.52. The van der Waals surface area contributed by atoms with Gasteiger partial charge in [0.25, 0.3) is 0 Å². The van der Waals surface area contributed by atoms with Crippen molar-refractivity contribution < 1.29 is 0 Å². The fourth-order valence-corrected chi connectivity index (χ4v) is 2.87. The fourth-order valence-electron chi connectivity index (χ4n) is 2.28. The lowest BCUT2D eigenvalue weighted by atomic mass is 10.0. The third kappa shape index (κ3) is 2.79. The van der Waals surface area contributed by atoms with Gasteiger partial charge in [-0.15, -0.1) is 0 Å². The van der Waals surface area contributed by atoms with Gasteiger partial charge in [0.1, 0.15) is 0 Å². The van der Waals surface area contributed by atoms with E-state index in [-0.39, 0.29) is 0 Å². The number of piperidine rings is 1. The smallest absolute Gasteiger partial charge is 0.0551 e. The summed E-state index contributed by atoms with van der Waals surface area (Å²) in [5.41, 5.74) is 1.29. The summed E-state index contributed by atoms with van der Waals surface area (Å²) in [5.74, 6) is 0. The Bertz CT molecular complexity index is 367. The van der Waals surface area contributed by atoms with Crippen molar-refractivity contribution in [2.45, 2.75) is 38.8 Å². The van der Waals surface area contributed by atoms with Crippen LogP contribution >= 0.6 is 27.5 Å². The van der Waals surface area contributed by atoms with Crippen molar-refractivity contribution in [2.24, 2.45) is 0 Å². The number of halogens is 2. The molecule has 1 saturated heterocycles. The normalized spacial score (nSPS) is 22.3. The third-order valence-corrected chi connectivity index (χ3v) is 4.83. The van der Waals surface area contributed by atoms with Crippen LogP contribution in [0, 0.1) is 0 Å². The molecular formula is C13H17BrClN. The van der Waals surface area contributed by atoms with Crippen LogP contribution in [-0.4, -0.2) is 17.5 Å². The summed E-state index contributed by atoms with van der Waals surface area (Å²) in [6.45, 7) is 4.53. The Hall–Kier alpha value is -0.0500. The highest BCUT2D eigenvalue weighted by Gasteiger charge is 2.19. The van der Waals surface area contributed by atoms with Crippen LogP contribution in [0.4, 0.5) is 0 Å². The van der Waals surface area contributed by atoms with Crippen molar-refractivity contribution in [3.8, 4) is 0 Å². The van der Waals surface area contributed by atoms with Crippen molar-refractivity contribution >= 4 is 27.5 Å². The summed E-state index contributed by atoms with van der Waals surface area (Å²) in [6, 6.07) is 6.79. The van der Waals surface area contributed by atoms with Gasteiger partial charge in [0.15, 0.2) is 0 Å². The Kier molecular flexibility index (Phi) is 4.28. The topological polar surface area (TPSA) is 3.24 Å². The van der Waals surface area contributed by atoms with Crippen LogP contribution < -0.4 is 0 Å². The van der Waals surface area contributed by atoms with E-state index in [1.54, 1.807) is 0 Å². The molecule has 3 heteroatoms. The lowest BCUT2D eigenvalue weighted by molar-refractivity contribution is 0.152. The number of hydrogen-bond acceptors (Lipinski definition) is 1. The van der Waals surface area contributed by atoms with Crippen molar-refractivity contribution in [2.75, 3.05) is 6.54 Å². The highest BCUT2D eigenvalue weighted by molar-refractivity contribution is 9.10. The molecule has 0 spiro atoms. The van der Waals surface area contributed by atoms with Gasteiger partial charge < -0.3 is 0 Å². The van der Waals surface area contributed by atoms with Crippen LogP contribution in [0.3, 0.4) is 0 Å². The maximum absolute atomic E-state index is 6.10. The third-order valence-electron chi connectivity index (χ3n) is 3.35. The summed E-state index contributed by atoms with van der Waals surface area (Å²) in [6.07, 6.45) is 4.01. The van der Waals surface area contributed by atoms with E-state index in [2.05, 4.69) is 33.8 Å². The van der Waals surface area contributed by atoms with Gasteiger partial charge in [-0.1, -0.05) is 30.2 Å². The molecule has 0 aliphatic carbocycles. The Morgan fingerprint density at radius 2 is 2.25 bits per heavy atom. The predicted molar refractivity (Wildman–Crippen MR) is 72.9 cm³/mol. The van der Waals surface area contributed by atoms with Gasteiger partial charge in [0.2, 0.25) is 0 Å². The first-order valence-corrected chi connectivity index (χ1v) is 7.02. The molecule has 1 aromatic rings. The molecule has 88 valence electrons. The number of nitrogens with zero attached hydrogens (tertiary/aromatic N) is 1. The number of hydrogen-bond donors (Lipinski definition) is 0. The zero-order valence-corrected chi connectivity index (χ0v) is 11.9. The summed E-state index contributed by atoms with van der Waals surface area (Å²) < 4.78 is 1.05.